The number of hydrogen-bond donors (Lipinski definition) is 1. The highest BCUT2D eigenvalue weighted by Gasteiger charge is 2.28. The minimum atomic E-state index is -2.98. The molecule has 1 aromatic carbocycles. The second kappa shape index (κ2) is 6.47. The highest BCUT2D eigenvalue weighted by atomic mass is 32.2. The molecule has 1 saturated heterocycles. The van der Waals surface area contributed by atoms with E-state index in [0.717, 1.165) is 0 Å². The van der Waals surface area contributed by atoms with Gasteiger partial charge in [0, 0.05) is 6.04 Å². The number of benzene rings is 1. The van der Waals surface area contributed by atoms with Crippen LogP contribution in [0, 0.1) is 0 Å². The maximum absolute atomic E-state index is 11.7. The molecular formula is C15H21NO4S. The molecule has 0 bridgehead atoms. The molecular weight excluding hydrogens is 290 g/mol. The highest BCUT2D eigenvalue weighted by Crippen LogP contribution is 2.18. The smallest absolute Gasteiger partial charge is 0.258 e. The number of rotatable bonds is 5. The number of carbonyl (C=O) groups excluding carboxylic acids is 1. The summed E-state index contributed by atoms with van der Waals surface area (Å²) in [5.74, 6) is 0.974. The van der Waals surface area contributed by atoms with Crippen LogP contribution in [-0.4, -0.2) is 38.5 Å². The van der Waals surface area contributed by atoms with Crippen LogP contribution in [0.25, 0.3) is 0 Å². The van der Waals surface area contributed by atoms with Crippen molar-refractivity contribution in [2.45, 2.75) is 32.2 Å². The van der Waals surface area contributed by atoms with Crippen LogP contribution in [0.5, 0.6) is 5.75 Å². The quantitative estimate of drug-likeness (QED) is 0.894. The molecule has 1 fully saturated rings. The number of sulfone groups is 1. The normalized spacial score (nSPS) is 20.4. The van der Waals surface area contributed by atoms with E-state index in [1.807, 2.05) is 24.3 Å². The fourth-order valence-electron chi connectivity index (χ4n) is 2.28. The monoisotopic (exact) mass is 311 g/mol. The van der Waals surface area contributed by atoms with Crippen LogP contribution in [0.1, 0.15) is 31.7 Å². The molecule has 1 heterocycles. The number of hydrogen-bond acceptors (Lipinski definition) is 4. The summed E-state index contributed by atoms with van der Waals surface area (Å²) >= 11 is 0. The van der Waals surface area contributed by atoms with Crippen LogP contribution in [0.4, 0.5) is 0 Å². The van der Waals surface area contributed by atoms with Gasteiger partial charge in [0.15, 0.2) is 16.4 Å². The van der Waals surface area contributed by atoms with Crippen molar-refractivity contribution in [3.8, 4) is 5.75 Å². The van der Waals surface area contributed by atoms with E-state index in [0.29, 0.717) is 18.1 Å². The van der Waals surface area contributed by atoms with E-state index in [2.05, 4.69) is 19.2 Å². The predicted molar refractivity (Wildman–Crippen MR) is 81.2 cm³/mol. The molecule has 1 aliphatic heterocycles. The number of nitrogens with one attached hydrogen (secondary N) is 1. The van der Waals surface area contributed by atoms with E-state index in [9.17, 15) is 13.2 Å². The van der Waals surface area contributed by atoms with Crippen molar-refractivity contribution in [3.63, 3.8) is 0 Å². The predicted octanol–water partition coefficient (Wildman–Crippen LogP) is 1.49. The Balaban J connectivity index is 1.79. The molecule has 1 amide bonds. The van der Waals surface area contributed by atoms with Gasteiger partial charge in [0.1, 0.15) is 5.75 Å². The van der Waals surface area contributed by atoms with Crippen LogP contribution in [0.2, 0.25) is 0 Å². The number of ether oxygens (including phenoxy) is 1. The van der Waals surface area contributed by atoms with Crippen LogP contribution in [-0.2, 0) is 14.6 Å². The zero-order valence-corrected chi connectivity index (χ0v) is 13.2. The largest absolute Gasteiger partial charge is 0.484 e. The molecule has 5 nitrogen and oxygen atoms in total. The van der Waals surface area contributed by atoms with Gasteiger partial charge in [-0.15, -0.1) is 0 Å². The first-order chi connectivity index (χ1) is 9.85. The molecule has 0 unspecified atom stereocenters. The van der Waals surface area contributed by atoms with Crippen LogP contribution >= 0.6 is 0 Å². The van der Waals surface area contributed by atoms with E-state index in [1.54, 1.807) is 0 Å². The van der Waals surface area contributed by atoms with Crippen molar-refractivity contribution in [3.05, 3.63) is 29.8 Å². The van der Waals surface area contributed by atoms with Crippen LogP contribution in [0.3, 0.4) is 0 Å². The third kappa shape index (κ3) is 4.74. The van der Waals surface area contributed by atoms with Crippen molar-refractivity contribution in [2.75, 3.05) is 18.1 Å². The molecule has 0 radical (unpaired) electrons. The first kappa shape index (κ1) is 15.8. The third-order valence-corrected chi connectivity index (χ3v) is 5.28. The molecule has 0 saturated carbocycles. The van der Waals surface area contributed by atoms with Gasteiger partial charge in [0.05, 0.1) is 11.5 Å². The fourth-order valence-corrected chi connectivity index (χ4v) is 3.95. The van der Waals surface area contributed by atoms with Crippen molar-refractivity contribution in [2.24, 2.45) is 0 Å². The average Bonchev–Trinajstić information content (AvgIpc) is 2.76. The Kier molecular flexibility index (Phi) is 4.88. The van der Waals surface area contributed by atoms with Crippen molar-refractivity contribution < 1.29 is 17.9 Å². The molecule has 1 N–H and O–H groups in total. The van der Waals surface area contributed by atoms with E-state index >= 15 is 0 Å². The second-order valence-electron chi connectivity index (χ2n) is 5.68. The molecule has 1 aromatic rings. The lowest BCUT2D eigenvalue weighted by molar-refractivity contribution is -0.123. The van der Waals surface area contributed by atoms with Gasteiger partial charge in [-0.05, 0) is 30.0 Å². The summed E-state index contributed by atoms with van der Waals surface area (Å²) in [4.78, 5) is 11.7. The van der Waals surface area contributed by atoms with Crippen molar-refractivity contribution in [1.29, 1.82) is 0 Å². The van der Waals surface area contributed by atoms with Gasteiger partial charge < -0.3 is 10.1 Å². The standard InChI is InChI=1S/C15H21NO4S/c1-11(2)12-3-5-14(6-4-12)20-9-15(17)16-13-7-8-21(18,19)10-13/h3-6,11,13H,7-10H2,1-2H3,(H,16,17)/t13-/m0/s1. The average molecular weight is 311 g/mol. The number of amides is 1. The molecule has 6 heteroatoms. The van der Waals surface area contributed by atoms with Gasteiger partial charge in [0.25, 0.3) is 5.91 Å². The molecule has 116 valence electrons. The Bertz CT molecular complexity index is 593. The van der Waals surface area contributed by atoms with Crippen LogP contribution in [0.15, 0.2) is 24.3 Å². The van der Waals surface area contributed by atoms with Crippen molar-refractivity contribution >= 4 is 15.7 Å². The van der Waals surface area contributed by atoms with Crippen molar-refractivity contribution in [1.82, 2.24) is 5.32 Å². The molecule has 2 rings (SSSR count). The summed E-state index contributed by atoms with van der Waals surface area (Å²) in [6.07, 6.45) is 0.483. The topological polar surface area (TPSA) is 72.5 Å². The van der Waals surface area contributed by atoms with E-state index in [1.165, 1.54) is 5.56 Å². The molecule has 1 aliphatic rings. The Morgan fingerprint density at radius 3 is 2.52 bits per heavy atom. The van der Waals surface area contributed by atoms with Gasteiger partial charge in [-0.2, -0.15) is 0 Å². The zero-order valence-electron chi connectivity index (χ0n) is 12.3. The van der Waals surface area contributed by atoms with Gasteiger partial charge >= 0.3 is 0 Å². The third-order valence-electron chi connectivity index (χ3n) is 3.51. The van der Waals surface area contributed by atoms with E-state index in [-0.39, 0.29) is 30.1 Å². The maximum atomic E-state index is 11.7. The lowest BCUT2D eigenvalue weighted by Gasteiger charge is -2.12. The first-order valence-electron chi connectivity index (χ1n) is 7.08. The zero-order chi connectivity index (χ0) is 15.5. The Morgan fingerprint density at radius 1 is 1.33 bits per heavy atom. The summed E-state index contributed by atoms with van der Waals surface area (Å²) in [5, 5.41) is 2.69. The first-order valence-corrected chi connectivity index (χ1v) is 8.90. The van der Waals surface area contributed by atoms with Gasteiger partial charge in [-0.3, -0.25) is 4.79 Å². The lowest BCUT2D eigenvalue weighted by Crippen LogP contribution is -2.38. The Morgan fingerprint density at radius 2 is 2.00 bits per heavy atom. The summed E-state index contributed by atoms with van der Waals surface area (Å²) in [5.41, 5.74) is 1.21. The molecule has 0 spiro atoms. The van der Waals surface area contributed by atoms with Gasteiger partial charge in [0.2, 0.25) is 0 Å². The molecule has 1 atom stereocenters. The second-order valence-corrected chi connectivity index (χ2v) is 7.91. The minimum Gasteiger partial charge on any atom is -0.484 e. The van der Waals surface area contributed by atoms with Gasteiger partial charge in [-0.25, -0.2) is 8.42 Å². The molecule has 0 aliphatic carbocycles. The van der Waals surface area contributed by atoms with Crippen LogP contribution < -0.4 is 10.1 Å². The highest BCUT2D eigenvalue weighted by molar-refractivity contribution is 7.91. The maximum Gasteiger partial charge on any atom is 0.258 e. The summed E-state index contributed by atoms with van der Waals surface area (Å²) in [7, 11) is -2.98. The summed E-state index contributed by atoms with van der Waals surface area (Å²) in [6.45, 7) is 4.12. The molecule has 0 aromatic heterocycles. The van der Waals surface area contributed by atoms with E-state index in [4.69, 9.17) is 4.74 Å². The lowest BCUT2D eigenvalue weighted by atomic mass is 10.0. The van der Waals surface area contributed by atoms with Gasteiger partial charge in [-0.1, -0.05) is 26.0 Å². The number of carbonyl (C=O) groups is 1. The minimum absolute atomic E-state index is 0.0296. The fraction of sp³-hybridized carbons (Fsp3) is 0.533. The Labute approximate surface area is 125 Å². The summed E-state index contributed by atoms with van der Waals surface area (Å²) in [6, 6.07) is 7.34. The Hall–Kier alpha value is -1.56. The summed E-state index contributed by atoms with van der Waals surface area (Å²) < 4.78 is 28.0. The SMILES string of the molecule is CC(C)c1ccc(OCC(=O)N[C@H]2CCS(=O)(=O)C2)cc1. The van der Waals surface area contributed by atoms with E-state index < -0.39 is 9.84 Å². The molecule has 21 heavy (non-hydrogen) atoms.